The summed E-state index contributed by atoms with van der Waals surface area (Å²) in [6, 6.07) is 2.07. The van der Waals surface area contributed by atoms with Crippen LogP contribution in [-0.2, 0) is 4.74 Å². The monoisotopic (exact) mass is 227 g/mol. The van der Waals surface area contributed by atoms with Gasteiger partial charge in [-0.25, -0.2) is 0 Å². The van der Waals surface area contributed by atoms with E-state index in [0.717, 1.165) is 17.9 Å². The molecule has 0 saturated carbocycles. The van der Waals surface area contributed by atoms with Crippen molar-refractivity contribution in [1.29, 1.82) is 0 Å². The zero-order valence-electron chi connectivity index (χ0n) is 8.83. The third kappa shape index (κ3) is 2.27. The van der Waals surface area contributed by atoms with Crippen LogP contribution in [-0.4, -0.2) is 29.4 Å². The lowest BCUT2D eigenvalue weighted by Gasteiger charge is -2.29. The zero-order valence-corrected chi connectivity index (χ0v) is 9.58. The summed E-state index contributed by atoms with van der Waals surface area (Å²) in [5, 5.41) is 12.1. The lowest BCUT2D eigenvalue weighted by Crippen LogP contribution is -2.41. The van der Waals surface area contributed by atoms with Crippen molar-refractivity contribution in [3.63, 3.8) is 0 Å². The molecule has 1 fully saturated rings. The Morgan fingerprint density at radius 3 is 3.00 bits per heavy atom. The summed E-state index contributed by atoms with van der Waals surface area (Å²) < 4.78 is 5.65. The van der Waals surface area contributed by atoms with Crippen LogP contribution in [0, 0.1) is 6.92 Å². The number of aromatic nitrogens is 2. The van der Waals surface area contributed by atoms with E-state index < -0.39 is 0 Å². The SMILES string of the molecule is Cc1nnc(C2OCCNC2C)cc1Cl. The highest BCUT2D eigenvalue weighted by atomic mass is 35.5. The summed E-state index contributed by atoms with van der Waals surface area (Å²) >= 11 is 6.00. The summed E-state index contributed by atoms with van der Waals surface area (Å²) in [5.41, 5.74) is 1.54. The number of rotatable bonds is 1. The van der Waals surface area contributed by atoms with E-state index in [1.165, 1.54) is 0 Å². The quantitative estimate of drug-likeness (QED) is 0.790. The Balaban J connectivity index is 2.24. The van der Waals surface area contributed by atoms with Gasteiger partial charge in [-0.05, 0) is 19.9 Å². The maximum Gasteiger partial charge on any atom is 0.116 e. The van der Waals surface area contributed by atoms with Gasteiger partial charge in [0.25, 0.3) is 0 Å². The van der Waals surface area contributed by atoms with Crippen LogP contribution in [0.2, 0.25) is 5.02 Å². The highest BCUT2D eigenvalue weighted by Gasteiger charge is 2.25. The summed E-state index contributed by atoms with van der Waals surface area (Å²) in [4.78, 5) is 0. The lowest BCUT2D eigenvalue weighted by molar-refractivity contribution is -0.00334. The number of morpholine rings is 1. The topological polar surface area (TPSA) is 47.0 Å². The van der Waals surface area contributed by atoms with Crippen LogP contribution in [0.15, 0.2) is 6.07 Å². The van der Waals surface area contributed by atoms with Crippen molar-refractivity contribution in [2.24, 2.45) is 0 Å². The van der Waals surface area contributed by atoms with Crippen LogP contribution in [0.4, 0.5) is 0 Å². The van der Waals surface area contributed by atoms with Gasteiger partial charge in [0.1, 0.15) is 6.10 Å². The number of nitrogens with one attached hydrogen (secondary N) is 1. The molecule has 0 aromatic carbocycles. The van der Waals surface area contributed by atoms with E-state index in [2.05, 4.69) is 22.4 Å². The zero-order chi connectivity index (χ0) is 10.8. The van der Waals surface area contributed by atoms with Crippen molar-refractivity contribution in [1.82, 2.24) is 15.5 Å². The molecule has 4 nitrogen and oxygen atoms in total. The number of nitrogens with zero attached hydrogens (tertiary/aromatic N) is 2. The molecule has 0 spiro atoms. The summed E-state index contributed by atoms with van der Waals surface area (Å²) in [5.74, 6) is 0. The largest absolute Gasteiger partial charge is 0.369 e. The molecular weight excluding hydrogens is 214 g/mol. The van der Waals surface area contributed by atoms with Gasteiger partial charge in [-0.3, -0.25) is 0 Å². The van der Waals surface area contributed by atoms with E-state index in [1.807, 2.05) is 13.0 Å². The van der Waals surface area contributed by atoms with Gasteiger partial charge < -0.3 is 10.1 Å². The third-order valence-electron chi connectivity index (χ3n) is 2.55. The fourth-order valence-electron chi connectivity index (χ4n) is 1.65. The van der Waals surface area contributed by atoms with Crippen molar-refractivity contribution < 1.29 is 4.74 Å². The molecule has 2 heterocycles. The first-order chi connectivity index (χ1) is 7.18. The molecule has 1 aromatic rings. The van der Waals surface area contributed by atoms with E-state index in [4.69, 9.17) is 16.3 Å². The molecule has 0 amide bonds. The minimum atomic E-state index is -0.0515. The van der Waals surface area contributed by atoms with Gasteiger partial charge in [0.2, 0.25) is 0 Å². The lowest BCUT2D eigenvalue weighted by atomic mass is 10.1. The molecule has 1 aliphatic heterocycles. The Kier molecular flexibility index (Phi) is 3.19. The highest BCUT2D eigenvalue weighted by Crippen LogP contribution is 2.24. The second kappa shape index (κ2) is 4.43. The average Bonchev–Trinajstić information content (AvgIpc) is 2.23. The molecule has 2 atom stereocenters. The first kappa shape index (κ1) is 10.8. The van der Waals surface area contributed by atoms with Crippen molar-refractivity contribution in [2.75, 3.05) is 13.2 Å². The van der Waals surface area contributed by atoms with Gasteiger partial charge in [0.05, 0.1) is 23.0 Å². The van der Waals surface area contributed by atoms with Gasteiger partial charge in [0, 0.05) is 12.6 Å². The van der Waals surface area contributed by atoms with Gasteiger partial charge in [0.15, 0.2) is 0 Å². The Morgan fingerprint density at radius 1 is 1.53 bits per heavy atom. The first-order valence-corrected chi connectivity index (χ1v) is 5.41. The van der Waals surface area contributed by atoms with Crippen molar-refractivity contribution in [3.8, 4) is 0 Å². The van der Waals surface area contributed by atoms with E-state index in [0.29, 0.717) is 11.6 Å². The molecule has 2 rings (SSSR count). The second-order valence-corrected chi connectivity index (χ2v) is 4.14. The number of hydrogen-bond donors (Lipinski definition) is 1. The summed E-state index contributed by atoms with van der Waals surface area (Å²) in [6.07, 6.45) is -0.0515. The second-order valence-electron chi connectivity index (χ2n) is 3.74. The molecule has 1 saturated heterocycles. The predicted molar refractivity (Wildman–Crippen MR) is 57.9 cm³/mol. The predicted octanol–water partition coefficient (Wildman–Crippen LogP) is 1.49. The molecule has 82 valence electrons. The van der Waals surface area contributed by atoms with Crippen LogP contribution in [0.1, 0.15) is 24.4 Å². The van der Waals surface area contributed by atoms with Crippen LogP contribution in [0.5, 0.6) is 0 Å². The van der Waals surface area contributed by atoms with Gasteiger partial charge >= 0.3 is 0 Å². The first-order valence-electron chi connectivity index (χ1n) is 5.03. The Morgan fingerprint density at radius 2 is 2.33 bits per heavy atom. The fourth-order valence-corrected chi connectivity index (χ4v) is 1.80. The van der Waals surface area contributed by atoms with Gasteiger partial charge in [-0.1, -0.05) is 11.6 Å². The van der Waals surface area contributed by atoms with Crippen molar-refractivity contribution in [3.05, 3.63) is 22.5 Å². The van der Waals surface area contributed by atoms with Crippen LogP contribution >= 0.6 is 11.6 Å². The number of ether oxygens (including phenoxy) is 1. The Labute approximate surface area is 94.0 Å². The van der Waals surface area contributed by atoms with Crippen LogP contribution in [0.3, 0.4) is 0 Å². The van der Waals surface area contributed by atoms with Crippen molar-refractivity contribution in [2.45, 2.75) is 26.0 Å². The Hall–Kier alpha value is -0.710. The molecule has 15 heavy (non-hydrogen) atoms. The normalized spacial score (nSPS) is 26.6. The minimum Gasteiger partial charge on any atom is -0.369 e. The van der Waals surface area contributed by atoms with Gasteiger partial charge in [-0.15, -0.1) is 0 Å². The smallest absolute Gasteiger partial charge is 0.116 e. The maximum atomic E-state index is 6.00. The standard InChI is InChI=1S/C10H14ClN3O/c1-6-8(11)5-9(14-13-6)10-7(2)12-3-4-15-10/h5,7,10,12H,3-4H2,1-2H3. The van der Waals surface area contributed by atoms with E-state index in [1.54, 1.807) is 0 Å². The van der Waals surface area contributed by atoms with E-state index in [-0.39, 0.29) is 12.1 Å². The molecule has 1 aliphatic rings. The van der Waals surface area contributed by atoms with E-state index in [9.17, 15) is 0 Å². The molecule has 2 unspecified atom stereocenters. The third-order valence-corrected chi connectivity index (χ3v) is 2.93. The Bertz CT molecular complexity index is 359. The number of halogens is 1. The van der Waals surface area contributed by atoms with Crippen LogP contribution in [0.25, 0.3) is 0 Å². The highest BCUT2D eigenvalue weighted by molar-refractivity contribution is 6.31. The molecular formula is C10H14ClN3O. The molecule has 0 bridgehead atoms. The number of aryl methyl sites for hydroxylation is 1. The fraction of sp³-hybridized carbons (Fsp3) is 0.600. The molecule has 5 heteroatoms. The molecule has 1 aromatic heterocycles. The molecule has 0 aliphatic carbocycles. The van der Waals surface area contributed by atoms with E-state index >= 15 is 0 Å². The average molecular weight is 228 g/mol. The summed E-state index contributed by atoms with van der Waals surface area (Å²) in [7, 11) is 0. The number of hydrogen-bond acceptors (Lipinski definition) is 4. The molecule has 0 radical (unpaired) electrons. The van der Waals surface area contributed by atoms with Crippen LogP contribution < -0.4 is 5.32 Å². The molecule has 1 N–H and O–H groups in total. The van der Waals surface area contributed by atoms with Gasteiger partial charge in [-0.2, -0.15) is 10.2 Å². The summed E-state index contributed by atoms with van der Waals surface area (Å²) in [6.45, 7) is 5.48. The maximum absolute atomic E-state index is 6.00. The minimum absolute atomic E-state index is 0.0515. The van der Waals surface area contributed by atoms with Crippen molar-refractivity contribution >= 4 is 11.6 Å².